The molecule has 1 atom stereocenters. The standard InChI is InChI=1S/C24H22N4O/c1-27-11-8-18-13-16(4-6-22(18)27)17-5-7-23-21(14-17)26-24(29-23)28-12-9-20-19(15-28)3-2-10-25-20/h2-8,10-11,13-14,24,26H,9,12,15H2,1H3. The number of pyridine rings is 1. The summed E-state index contributed by atoms with van der Waals surface area (Å²) in [5.74, 6) is 0.913. The fourth-order valence-electron chi connectivity index (χ4n) is 4.42. The SMILES string of the molecule is Cn1ccc2cc(-c3ccc4c(c3)NC(N3CCc5ncccc5C3)O4)ccc21. The van der Waals surface area contributed by atoms with E-state index in [4.69, 9.17) is 4.74 Å². The molecule has 0 spiro atoms. The highest BCUT2D eigenvalue weighted by Gasteiger charge is 2.30. The molecule has 0 saturated carbocycles. The summed E-state index contributed by atoms with van der Waals surface area (Å²) >= 11 is 0. The molecule has 2 aromatic heterocycles. The molecule has 5 heteroatoms. The Balaban J connectivity index is 1.25. The summed E-state index contributed by atoms with van der Waals surface area (Å²) in [5, 5.41) is 4.82. The molecule has 0 fully saturated rings. The van der Waals surface area contributed by atoms with E-state index in [1.165, 1.54) is 33.3 Å². The average molecular weight is 382 g/mol. The zero-order chi connectivity index (χ0) is 19.4. The van der Waals surface area contributed by atoms with Crippen LogP contribution in [-0.4, -0.2) is 27.3 Å². The Morgan fingerprint density at radius 2 is 1.97 bits per heavy atom. The highest BCUT2D eigenvalue weighted by molar-refractivity contribution is 5.86. The molecule has 0 aliphatic carbocycles. The first-order valence-electron chi connectivity index (χ1n) is 10.0. The maximum absolute atomic E-state index is 6.22. The van der Waals surface area contributed by atoms with Gasteiger partial charge in [0.15, 0.2) is 0 Å². The van der Waals surface area contributed by atoms with Crippen molar-refractivity contribution < 1.29 is 4.74 Å². The molecule has 0 bridgehead atoms. The molecule has 2 aromatic carbocycles. The van der Waals surface area contributed by atoms with Crippen LogP contribution < -0.4 is 10.1 Å². The van der Waals surface area contributed by atoms with Crippen molar-refractivity contribution in [3.05, 3.63) is 78.2 Å². The van der Waals surface area contributed by atoms with Crippen LogP contribution >= 0.6 is 0 Å². The van der Waals surface area contributed by atoms with Gasteiger partial charge in [-0.2, -0.15) is 0 Å². The van der Waals surface area contributed by atoms with Crippen molar-refractivity contribution in [2.45, 2.75) is 19.3 Å². The summed E-state index contributed by atoms with van der Waals surface area (Å²) in [4.78, 5) is 6.83. The third kappa shape index (κ3) is 2.77. The first kappa shape index (κ1) is 16.6. The van der Waals surface area contributed by atoms with Crippen molar-refractivity contribution in [1.29, 1.82) is 0 Å². The molecule has 1 unspecified atom stereocenters. The van der Waals surface area contributed by atoms with Gasteiger partial charge in [-0.1, -0.05) is 18.2 Å². The van der Waals surface area contributed by atoms with E-state index in [2.05, 4.69) is 81.5 Å². The summed E-state index contributed by atoms with van der Waals surface area (Å²) in [5.41, 5.74) is 7.21. The van der Waals surface area contributed by atoms with Crippen molar-refractivity contribution >= 4 is 16.6 Å². The molecule has 5 nitrogen and oxygen atoms in total. The van der Waals surface area contributed by atoms with Gasteiger partial charge in [0.1, 0.15) is 5.75 Å². The van der Waals surface area contributed by atoms with Crippen molar-refractivity contribution in [1.82, 2.24) is 14.5 Å². The number of hydrogen-bond acceptors (Lipinski definition) is 4. The van der Waals surface area contributed by atoms with E-state index < -0.39 is 0 Å². The van der Waals surface area contributed by atoms with Crippen LogP contribution in [0, 0.1) is 0 Å². The van der Waals surface area contributed by atoms with Crippen LogP contribution in [0.15, 0.2) is 67.0 Å². The molecule has 0 saturated heterocycles. The lowest BCUT2D eigenvalue weighted by Gasteiger charge is -2.32. The monoisotopic (exact) mass is 382 g/mol. The third-order valence-corrected chi connectivity index (χ3v) is 6.04. The van der Waals surface area contributed by atoms with Gasteiger partial charge >= 0.3 is 0 Å². The number of aryl methyl sites for hydroxylation is 1. The highest BCUT2D eigenvalue weighted by Crippen LogP contribution is 2.37. The topological polar surface area (TPSA) is 42.3 Å². The van der Waals surface area contributed by atoms with Crippen LogP contribution in [0.1, 0.15) is 11.3 Å². The fraction of sp³-hybridized carbons (Fsp3) is 0.208. The van der Waals surface area contributed by atoms with Gasteiger partial charge in [0.05, 0.1) is 5.69 Å². The molecule has 2 aliphatic heterocycles. The van der Waals surface area contributed by atoms with Crippen molar-refractivity contribution in [2.75, 3.05) is 11.9 Å². The summed E-state index contributed by atoms with van der Waals surface area (Å²) in [6.07, 6.45) is 4.80. The lowest BCUT2D eigenvalue weighted by Crippen LogP contribution is -2.45. The maximum Gasteiger partial charge on any atom is 0.230 e. The number of anilines is 1. The predicted octanol–water partition coefficient (Wildman–Crippen LogP) is 4.39. The molecule has 4 heterocycles. The molecule has 144 valence electrons. The fourth-order valence-corrected chi connectivity index (χ4v) is 4.42. The van der Waals surface area contributed by atoms with Crippen LogP contribution in [-0.2, 0) is 20.0 Å². The van der Waals surface area contributed by atoms with E-state index in [0.29, 0.717) is 0 Å². The van der Waals surface area contributed by atoms with Crippen LogP contribution in [0.2, 0.25) is 0 Å². The normalized spacial score (nSPS) is 18.2. The van der Waals surface area contributed by atoms with Gasteiger partial charge in [0, 0.05) is 55.5 Å². The minimum absolute atomic E-state index is 0.134. The number of hydrogen-bond donors (Lipinski definition) is 1. The molecule has 29 heavy (non-hydrogen) atoms. The lowest BCUT2D eigenvalue weighted by atomic mass is 10.0. The van der Waals surface area contributed by atoms with Crippen LogP contribution in [0.25, 0.3) is 22.0 Å². The third-order valence-electron chi connectivity index (χ3n) is 6.04. The van der Waals surface area contributed by atoms with Gasteiger partial charge in [0.25, 0.3) is 0 Å². The molecular formula is C24H22N4O. The number of benzene rings is 2. The van der Waals surface area contributed by atoms with Gasteiger partial charge < -0.3 is 14.6 Å². The second-order valence-corrected chi connectivity index (χ2v) is 7.86. The van der Waals surface area contributed by atoms with E-state index in [0.717, 1.165) is 30.9 Å². The predicted molar refractivity (Wildman–Crippen MR) is 115 cm³/mol. The maximum atomic E-state index is 6.22. The molecule has 0 radical (unpaired) electrons. The second-order valence-electron chi connectivity index (χ2n) is 7.86. The van der Waals surface area contributed by atoms with E-state index in [9.17, 15) is 0 Å². The number of aromatic nitrogens is 2. The largest absolute Gasteiger partial charge is 0.455 e. The van der Waals surface area contributed by atoms with Gasteiger partial charge in [-0.25, -0.2) is 4.90 Å². The van der Waals surface area contributed by atoms with Crippen LogP contribution in [0.5, 0.6) is 5.75 Å². The minimum Gasteiger partial charge on any atom is -0.455 e. The summed E-state index contributed by atoms with van der Waals surface area (Å²) in [6.45, 7) is 1.79. The first-order chi connectivity index (χ1) is 14.2. The van der Waals surface area contributed by atoms with Crippen molar-refractivity contribution in [3.63, 3.8) is 0 Å². The first-order valence-corrected chi connectivity index (χ1v) is 10.0. The van der Waals surface area contributed by atoms with E-state index in [1.807, 2.05) is 12.3 Å². The van der Waals surface area contributed by atoms with Gasteiger partial charge in [-0.3, -0.25) is 4.98 Å². The summed E-state index contributed by atoms with van der Waals surface area (Å²) in [6, 6.07) is 19.4. The Kier molecular flexibility index (Phi) is 3.64. The van der Waals surface area contributed by atoms with Crippen LogP contribution in [0.4, 0.5) is 5.69 Å². The van der Waals surface area contributed by atoms with Crippen molar-refractivity contribution in [3.8, 4) is 16.9 Å². The number of ether oxygens (including phenoxy) is 1. The number of nitrogens with zero attached hydrogens (tertiary/aromatic N) is 3. The zero-order valence-corrected chi connectivity index (χ0v) is 16.3. The molecule has 4 aromatic rings. The highest BCUT2D eigenvalue weighted by atomic mass is 16.5. The van der Waals surface area contributed by atoms with Gasteiger partial charge in [-0.05, 0) is 53.1 Å². The van der Waals surface area contributed by atoms with E-state index in [-0.39, 0.29) is 6.35 Å². The number of fused-ring (bicyclic) bond motifs is 3. The van der Waals surface area contributed by atoms with Crippen molar-refractivity contribution in [2.24, 2.45) is 7.05 Å². The Morgan fingerprint density at radius 1 is 1.07 bits per heavy atom. The Morgan fingerprint density at radius 3 is 2.93 bits per heavy atom. The summed E-state index contributed by atoms with van der Waals surface area (Å²) in [7, 11) is 2.08. The number of nitrogens with one attached hydrogen (secondary N) is 1. The average Bonchev–Trinajstić information content (AvgIpc) is 3.36. The molecule has 1 N–H and O–H groups in total. The smallest absolute Gasteiger partial charge is 0.230 e. The van der Waals surface area contributed by atoms with Gasteiger partial charge in [-0.15, -0.1) is 0 Å². The molecule has 0 amide bonds. The van der Waals surface area contributed by atoms with Gasteiger partial charge in [0.2, 0.25) is 6.35 Å². The Hall–Kier alpha value is -3.31. The Bertz CT molecular complexity index is 1230. The molecule has 6 rings (SSSR count). The summed E-state index contributed by atoms with van der Waals surface area (Å²) < 4.78 is 8.36. The molecular weight excluding hydrogens is 360 g/mol. The lowest BCUT2D eigenvalue weighted by molar-refractivity contribution is 0.0483. The van der Waals surface area contributed by atoms with E-state index >= 15 is 0 Å². The molecule has 2 aliphatic rings. The Labute approximate surface area is 169 Å². The minimum atomic E-state index is -0.134. The number of rotatable bonds is 2. The quantitative estimate of drug-likeness (QED) is 0.558. The second kappa shape index (κ2) is 6.36. The van der Waals surface area contributed by atoms with Crippen LogP contribution in [0.3, 0.4) is 0 Å². The zero-order valence-electron chi connectivity index (χ0n) is 16.3. The van der Waals surface area contributed by atoms with E-state index in [1.54, 1.807) is 0 Å².